The van der Waals surface area contributed by atoms with Crippen LogP contribution >= 0.6 is 0 Å². The molecule has 1 fully saturated rings. The maximum absolute atomic E-state index is 10.3. The lowest BCUT2D eigenvalue weighted by Gasteiger charge is -2.40. The van der Waals surface area contributed by atoms with Crippen molar-refractivity contribution < 1.29 is 14.6 Å². The smallest absolute Gasteiger partial charge is 0.161 e. The average molecular weight is 291 g/mol. The zero-order chi connectivity index (χ0) is 14.8. The van der Waals surface area contributed by atoms with Gasteiger partial charge in [-0.2, -0.15) is 0 Å². The lowest BCUT2D eigenvalue weighted by Crippen LogP contribution is -2.47. The number of nitrogens with zero attached hydrogens (tertiary/aromatic N) is 1. The van der Waals surface area contributed by atoms with E-state index < -0.39 is 0 Å². The molecule has 1 aromatic rings. The van der Waals surface area contributed by atoms with Crippen molar-refractivity contribution in [2.24, 2.45) is 0 Å². The molecule has 1 aromatic carbocycles. The predicted molar refractivity (Wildman–Crippen MR) is 81.9 cm³/mol. The van der Waals surface area contributed by atoms with Crippen LogP contribution in [0.25, 0.3) is 0 Å². The Balaban J connectivity index is 1.81. The fourth-order valence-electron chi connectivity index (χ4n) is 3.71. The Morgan fingerprint density at radius 1 is 1.05 bits per heavy atom. The van der Waals surface area contributed by atoms with E-state index in [9.17, 15) is 5.11 Å². The molecule has 2 aliphatic rings. The Kier molecular flexibility index (Phi) is 4.36. The van der Waals surface area contributed by atoms with E-state index in [2.05, 4.69) is 17.0 Å². The van der Waals surface area contributed by atoms with Crippen LogP contribution in [-0.2, 0) is 13.0 Å². The Hall–Kier alpha value is -1.26. The van der Waals surface area contributed by atoms with Crippen molar-refractivity contribution in [2.45, 2.75) is 50.8 Å². The second kappa shape index (κ2) is 6.24. The predicted octanol–water partition coefficient (Wildman–Crippen LogP) is 2.37. The third-order valence-corrected chi connectivity index (χ3v) is 4.91. The van der Waals surface area contributed by atoms with Gasteiger partial charge in [0.1, 0.15) is 0 Å². The molecule has 0 aromatic heterocycles. The molecule has 4 heteroatoms. The van der Waals surface area contributed by atoms with E-state index >= 15 is 0 Å². The summed E-state index contributed by atoms with van der Waals surface area (Å²) in [5.41, 5.74) is 2.64. The highest BCUT2D eigenvalue weighted by Crippen LogP contribution is 2.35. The Bertz CT molecular complexity index is 503. The van der Waals surface area contributed by atoms with E-state index in [4.69, 9.17) is 9.47 Å². The van der Waals surface area contributed by atoms with Crippen LogP contribution in [0.1, 0.15) is 36.8 Å². The van der Waals surface area contributed by atoms with Gasteiger partial charge in [-0.3, -0.25) is 4.90 Å². The second-order valence-corrected chi connectivity index (χ2v) is 6.12. The number of aliphatic hydroxyl groups excluding tert-OH is 1. The minimum atomic E-state index is -0.166. The average Bonchev–Trinajstić information content (AvgIpc) is 2.53. The molecule has 3 rings (SSSR count). The maximum atomic E-state index is 10.3. The highest BCUT2D eigenvalue weighted by atomic mass is 16.5. The number of ether oxygens (including phenoxy) is 2. The largest absolute Gasteiger partial charge is 0.493 e. The third-order valence-electron chi connectivity index (χ3n) is 4.91. The van der Waals surface area contributed by atoms with E-state index in [0.29, 0.717) is 6.04 Å². The number of methoxy groups -OCH3 is 2. The van der Waals surface area contributed by atoms with Gasteiger partial charge in [0.05, 0.1) is 20.3 Å². The van der Waals surface area contributed by atoms with Gasteiger partial charge in [0.25, 0.3) is 0 Å². The molecule has 1 saturated carbocycles. The lowest BCUT2D eigenvalue weighted by molar-refractivity contribution is 0.0131. The fourth-order valence-corrected chi connectivity index (χ4v) is 3.71. The van der Waals surface area contributed by atoms with Crippen LogP contribution in [0.2, 0.25) is 0 Å². The van der Waals surface area contributed by atoms with E-state index in [-0.39, 0.29) is 6.10 Å². The molecule has 0 unspecified atom stereocenters. The van der Waals surface area contributed by atoms with Gasteiger partial charge < -0.3 is 14.6 Å². The number of aliphatic hydroxyl groups is 1. The third kappa shape index (κ3) is 2.87. The van der Waals surface area contributed by atoms with Gasteiger partial charge in [-0.1, -0.05) is 12.8 Å². The topological polar surface area (TPSA) is 41.9 Å². The van der Waals surface area contributed by atoms with E-state index in [0.717, 1.165) is 50.3 Å². The molecule has 1 aliphatic carbocycles. The first-order valence-corrected chi connectivity index (χ1v) is 7.89. The zero-order valence-corrected chi connectivity index (χ0v) is 13.0. The number of hydrogen-bond acceptors (Lipinski definition) is 4. The van der Waals surface area contributed by atoms with Gasteiger partial charge >= 0.3 is 0 Å². The highest BCUT2D eigenvalue weighted by molar-refractivity contribution is 5.48. The van der Waals surface area contributed by atoms with E-state index in [1.165, 1.54) is 17.5 Å². The van der Waals surface area contributed by atoms with Crippen LogP contribution in [0.5, 0.6) is 11.5 Å². The SMILES string of the molecule is COc1cc2c(cc1OC)CN([C@@H]1CCCC[C@H]1O)CC2. The summed E-state index contributed by atoms with van der Waals surface area (Å²) in [6.45, 7) is 1.92. The van der Waals surface area contributed by atoms with Crippen molar-refractivity contribution in [2.75, 3.05) is 20.8 Å². The van der Waals surface area contributed by atoms with Crippen LogP contribution in [0, 0.1) is 0 Å². The summed E-state index contributed by atoms with van der Waals surface area (Å²) in [6, 6.07) is 4.51. The quantitative estimate of drug-likeness (QED) is 0.928. The van der Waals surface area contributed by atoms with Gasteiger partial charge in [0.2, 0.25) is 0 Å². The van der Waals surface area contributed by atoms with Crippen molar-refractivity contribution >= 4 is 0 Å². The van der Waals surface area contributed by atoms with Crippen LogP contribution < -0.4 is 9.47 Å². The zero-order valence-electron chi connectivity index (χ0n) is 13.0. The lowest BCUT2D eigenvalue weighted by atomic mass is 9.89. The Morgan fingerprint density at radius 2 is 1.71 bits per heavy atom. The van der Waals surface area contributed by atoms with E-state index in [1.54, 1.807) is 14.2 Å². The van der Waals surface area contributed by atoms with Crippen LogP contribution in [-0.4, -0.2) is 42.9 Å². The normalized spacial score (nSPS) is 26.2. The maximum Gasteiger partial charge on any atom is 0.161 e. The second-order valence-electron chi connectivity index (χ2n) is 6.12. The van der Waals surface area contributed by atoms with Gasteiger partial charge in [0, 0.05) is 19.1 Å². The molecule has 21 heavy (non-hydrogen) atoms. The first kappa shape index (κ1) is 14.7. The standard InChI is InChI=1S/C17H25NO3/c1-20-16-9-12-7-8-18(11-13(12)10-17(16)21-2)14-5-3-4-6-15(14)19/h9-10,14-15,19H,3-8,11H2,1-2H3/t14-,15-/m1/s1. The molecular weight excluding hydrogens is 266 g/mol. The molecule has 1 aliphatic heterocycles. The summed E-state index contributed by atoms with van der Waals surface area (Å²) in [4.78, 5) is 2.44. The van der Waals surface area contributed by atoms with Gasteiger partial charge in [-0.15, -0.1) is 0 Å². The molecule has 116 valence electrons. The van der Waals surface area contributed by atoms with Crippen LogP contribution in [0.3, 0.4) is 0 Å². The molecule has 4 nitrogen and oxygen atoms in total. The molecular formula is C17H25NO3. The first-order chi connectivity index (χ1) is 10.2. The van der Waals surface area contributed by atoms with Gasteiger partial charge in [-0.05, 0) is 42.5 Å². The minimum absolute atomic E-state index is 0.166. The summed E-state index contributed by atoms with van der Waals surface area (Å²) in [5.74, 6) is 1.60. The first-order valence-electron chi connectivity index (χ1n) is 7.89. The summed E-state index contributed by atoms with van der Waals surface area (Å²) < 4.78 is 10.8. The summed E-state index contributed by atoms with van der Waals surface area (Å²) in [6.07, 6.45) is 5.30. The fraction of sp³-hybridized carbons (Fsp3) is 0.647. The van der Waals surface area contributed by atoms with Gasteiger partial charge in [0.15, 0.2) is 11.5 Å². The monoisotopic (exact) mass is 291 g/mol. The van der Waals surface area contributed by atoms with Gasteiger partial charge in [-0.25, -0.2) is 0 Å². The summed E-state index contributed by atoms with van der Waals surface area (Å²) in [7, 11) is 3.35. The highest BCUT2D eigenvalue weighted by Gasteiger charge is 2.31. The van der Waals surface area contributed by atoms with E-state index in [1.807, 2.05) is 0 Å². The molecule has 1 heterocycles. The molecule has 0 spiro atoms. The Morgan fingerprint density at radius 3 is 2.38 bits per heavy atom. The molecule has 0 radical (unpaired) electrons. The van der Waals surface area contributed by atoms with Crippen molar-refractivity contribution in [1.82, 2.24) is 4.90 Å². The van der Waals surface area contributed by atoms with Crippen molar-refractivity contribution in [1.29, 1.82) is 0 Å². The summed E-state index contributed by atoms with van der Waals surface area (Å²) in [5, 5.41) is 10.3. The molecule has 2 atom stereocenters. The number of hydrogen-bond donors (Lipinski definition) is 1. The van der Waals surface area contributed by atoms with Crippen LogP contribution in [0.15, 0.2) is 12.1 Å². The van der Waals surface area contributed by atoms with Crippen molar-refractivity contribution in [3.05, 3.63) is 23.3 Å². The minimum Gasteiger partial charge on any atom is -0.493 e. The molecule has 1 N–H and O–H groups in total. The van der Waals surface area contributed by atoms with Crippen LogP contribution in [0.4, 0.5) is 0 Å². The number of rotatable bonds is 3. The number of fused-ring (bicyclic) bond motifs is 1. The Labute approximate surface area is 126 Å². The van der Waals surface area contributed by atoms with Crippen molar-refractivity contribution in [3.8, 4) is 11.5 Å². The molecule has 0 saturated heterocycles. The summed E-state index contributed by atoms with van der Waals surface area (Å²) >= 11 is 0. The molecule has 0 amide bonds. The number of benzene rings is 1. The van der Waals surface area contributed by atoms with Crippen molar-refractivity contribution in [3.63, 3.8) is 0 Å². The molecule has 0 bridgehead atoms.